The third-order valence-electron chi connectivity index (χ3n) is 1.57. The predicted octanol–water partition coefficient (Wildman–Crippen LogP) is 1.81. The van der Waals surface area contributed by atoms with Gasteiger partial charge in [0.2, 0.25) is 0 Å². The van der Waals surface area contributed by atoms with E-state index in [0.29, 0.717) is 17.1 Å². The second kappa shape index (κ2) is 4.54. The van der Waals surface area contributed by atoms with Crippen LogP contribution in [0.5, 0.6) is 0 Å². The van der Waals surface area contributed by atoms with Crippen molar-refractivity contribution >= 4 is 23.2 Å². The number of nitrogen functional groups attached to an aromatic ring is 2. The van der Waals surface area contributed by atoms with Crippen LogP contribution < -0.4 is 16.8 Å². The van der Waals surface area contributed by atoms with Crippen LogP contribution in [0.3, 0.4) is 0 Å². The van der Waals surface area contributed by atoms with Crippen molar-refractivity contribution in [3.05, 3.63) is 18.2 Å². The average Bonchev–Trinajstić information content (AvgIpc) is 1.98. The van der Waals surface area contributed by atoms with E-state index in [1.165, 1.54) is 0 Å². The van der Waals surface area contributed by atoms with Crippen LogP contribution in [0, 0.1) is 0 Å². The molecule has 5 nitrogen and oxygen atoms in total. The van der Waals surface area contributed by atoms with Gasteiger partial charge in [0.05, 0.1) is 6.10 Å². The molecule has 0 saturated heterocycles. The lowest BCUT2D eigenvalue weighted by atomic mass is 10.2. The highest BCUT2D eigenvalue weighted by molar-refractivity contribution is 5.86. The van der Waals surface area contributed by atoms with Gasteiger partial charge in [-0.15, -0.1) is 0 Å². The number of hydrogen-bond donors (Lipinski definition) is 3. The lowest BCUT2D eigenvalue weighted by Gasteiger charge is -2.10. The van der Waals surface area contributed by atoms with Crippen molar-refractivity contribution in [1.82, 2.24) is 0 Å². The maximum atomic E-state index is 11.2. The number of anilines is 3. The Morgan fingerprint density at radius 1 is 1.27 bits per heavy atom. The fourth-order valence-corrected chi connectivity index (χ4v) is 1.11. The largest absolute Gasteiger partial charge is 0.447 e. The Hall–Kier alpha value is -1.91. The number of carbonyl (C=O) groups is 1. The smallest absolute Gasteiger partial charge is 0.411 e. The average molecular weight is 209 g/mol. The molecule has 0 aliphatic heterocycles. The summed E-state index contributed by atoms with van der Waals surface area (Å²) >= 11 is 0. The summed E-state index contributed by atoms with van der Waals surface area (Å²) in [7, 11) is 0. The summed E-state index contributed by atoms with van der Waals surface area (Å²) in [5.74, 6) is 0. The Morgan fingerprint density at radius 2 is 1.80 bits per heavy atom. The van der Waals surface area contributed by atoms with E-state index in [4.69, 9.17) is 16.2 Å². The van der Waals surface area contributed by atoms with Gasteiger partial charge in [-0.2, -0.15) is 0 Å². The van der Waals surface area contributed by atoms with Gasteiger partial charge >= 0.3 is 6.09 Å². The van der Waals surface area contributed by atoms with Gasteiger partial charge < -0.3 is 16.2 Å². The van der Waals surface area contributed by atoms with Crippen molar-refractivity contribution in [3.8, 4) is 0 Å². The Balaban J connectivity index is 2.68. The van der Waals surface area contributed by atoms with Crippen molar-refractivity contribution in [3.63, 3.8) is 0 Å². The molecule has 0 aliphatic rings. The molecule has 0 bridgehead atoms. The number of rotatable bonds is 2. The maximum absolute atomic E-state index is 11.2. The highest BCUT2D eigenvalue weighted by Gasteiger charge is 2.05. The first kappa shape index (κ1) is 11.2. The van der Waals surface area contributed by atoms with Gasteiger partial charge in [0, 0.05) is 17.1 Å². The molecule has 1 rings (SSSR count). The van der Waals surface area contributed by atoms with Gasteiger partial charge in [-0.3, -0.25) is 5.32 Å². The molecule has 5 heteroatoms. The topological polar surface area (TPSA) is 90.4 Å². The lowest BCUT2D eigenvalue weighted by Crippen LogP contribution is -2.18. The van der Waals surface area contributed by atoms with Crippen molar-refractivity contribution in [2.75, 3.05) is 16.8 Å². The second-order valence-corrected chi connectivity index (χ2v) is 3.47. The number of nitrogens with one attached hydrogen (secondary N) is 1. The second-order valence-electron chi connectivity index (χ2n) is 3.47. The number of benzene rings is 1. The number of nitrogens with two attached hydrogens (primary N) is 2. The predicted molar refractivity (Wildman–Crippen MR) is 60.5 cm³/mol. The quantitative estimate of drug-likeness (QED) is 0.648. The van der Waals surface area contributed by atoms with Crippen molar-refractivity contribution in [1.29, 1.82) is 0 Å². The Morgan fingerprint density at radius 3 is 2.27 bits per heavy atom. The summed E-state index contributed by atoms with van der Waals surface area (Å²) in [5.41, 5.74) is 12.6. The minimum absolute atomic E-state index is 0.164. The molecule has 0 saturated carbocycles. The number of amides is 1. The van der Waals surface area contributed by atoms with E-state index in [1.54, 1.807) is 32.0 Å². The summed E-state index contributed by atoms with van der Waals surface area (Å²) in [6, 6.07) is 4.83. The molecule has 1 amide bonds. The maximum Gasteiger partial charge on any atom is 0.411 e. The molecule has 0 aromatic heterocycles. The lowest BCUT2D eigenvalue weighted by molar-refractivity contribution is 0.130. The van der Waals surface area contributed by atoms with Crippen LogP contribution in [0.4, 0.5) is 21.9 Å². The van der Waals surface area contributed by atoms with Crippen LogP contribution in [0.25, 0.3) is 0 Å². The first-order valence-corrected chi connectivity index (χ1v) is 4.61. The van der Waals surface area contributed by atoms with Gasteiger partial charge in [-0.05, 0) is 32.0 Å². The monoisotopic (exact) mass is 209 g/mol. The van der Waals surface area contributed by atoms with Crippen LogP contribution in [-0.2, 0) is 4.74 Å². The van der Waals surface area contributed by atoms with E-state index < -0.39 is 6.09 Å². The van der Waals surface area contributed by atoms with Crippen LogP contribution >= 0.6 is 0 Å². The van der Waals surface area contributed by atoms with E-state index in [0.717, 1.165) is 0 Å². The van der Waals surface area contributed by atoms with Gasteiger partial charge in [0.15, 0.2) is 0 Å². The van der Waals surface area contributed by atoms with E-state index in [9.17, 15) is 4.79 Å². The molecule has 5 N–H and O–H groups in total. The molecule has 82 valence electrons. The molecular formula is C10H15N3O2. The Bertz CT molecular complexity index is 343. The van der Waals surface area contributed by atoms with E-state index in [-0.39, 0.29) is 6.10 Å². The summed E-state index contributed by atoms with van der Waals surface area (Å²) in [5, 5.41) is 2.53. The molecule has 0 atom stereocenters. The summed E-state index contributed by atoms with van der Waals surface area (Å²) in [6.07, 6.45) is -0.682. The molecule has 0 spiro atoms. The van der Waals surface area contributed by atoms with Crippen LogP contribution in [-0.4, -0.2) is 12.2 Å². The summed E-state index contributed by atoms with van der Waals surface area (Å²) < 4.78 is 4.90. The Kier molecular flexibility index (Phi) is 3.38. The zero-order valence-electron chi connectivity index (χ0n) is 8.78. The van der Waals surface area contributed by atoms with Crippen LogP contribution in [0.2, 0.25) is 0 Å². The van der Waals surface area contributed by atoms with Crippen LogP contribution in [0.15, 0.2) is 18.2 Å². The first-order valence-electron chi connectivity index (χ1n) is 4.61. The molecule has 0 aliphatic carbocycles. The summed E-state index contributed by atoms with van der Waals surface area (Å²) in [6.45, 7) is 3.54. The summed E-state index contributed by atoms with van der Waals surface area (Å²) in [4.78, 5) is 11.2. The van der Waals surface area contributed by atoms with E-state index in [1.807, 2.05) is 0 Å². The minimum atomic E-state index is -0.519. The molecule has 0 fully saturated rings. The molecular weight excluding hydrogens is 194 g/mol. The van der Waals surface area contributed by atoms with Crippen LogP contribution in [0.1, 0.15) is 13.8 Å². The van der Waals surface area contributed by atoms with Gasteiger partial charge in [0.25, 0.3) is 0 Å². The third kappa shape index (κ3) is 3.76. The molecule has 1 aromatic rings. The first-order chi connectivity index (χ1) is 6.97. The van der Waals surface area contributed by atoms with Crippen molar-refractivity contribution in [2.45, 2.75) is 20.0 Å². The number of hydrogen-bond acceptors (Lipinski definition) is 4. The number of carbonyl (C=O) groups excluding carboxylic acids is 1. The zero-order chi connectivity index (χ0) is 11.4. The fourth-order valence-electron chi connectivity index (χ4n) is 1.11. The fraction of sp³-hybridized carbons (Fsp3) is 0.300. The minimum Gasteiger partial charge on any atom is -0.447 e. The van der Waals surface area contributed by atoms with E-state index >= 15 is 0 Å². The van der Waals surface area contributed by atoms with Crippen molar-refractivity contribution in [2.24, 2.45) is 0 Å². The highest BCUT2D eigenvalue weighted by atomic mass is 16.6. The van der Waals surface area contributed by atoms with Gasteiger partial charge in [-0.1, -0.05) is 0 Å². The van der Waals surface area contributed by atoms with Crippen molar-refractivity contribution < 1.29 is 9.53 Å². The molecule has 0 unspecified atom stereocenters. The normalized spacial score (nSPS) is 10.1. The molecule has 0 radical (unpaired) electrons. The highest BCUT2D eigenvalue weighted by Crippen LogP contribution is 2.18. The SMILES string of the molecule is CC(C)OC(=O)Nc1cc(N)cc(N)c1. The molecule has 0 heterocycles. The molecule has 1 aromatic carbocycles. The van der Waals surface area contributed by atoms with Gasteiger partial charge in [-0.25, -0.2) is 4.79 Å². The Labute approximate surface area is 88.4 Å². The standard InChI is InChI=1S/C10H15N3O2/c1-6(2)15-10(14)13-9-4-7(11)3-8(12)5-9/h3-6H,11-12H2,1-2H3,(H,13,14). The van der Waals surface area contributed by atoms with E-state index in [2.05, 4.69) is 5.32 Å². The zero-order valence-corrected chi connectivity index (χ0v) is 8.78. The number of ether oxygens (including phenoxy) is 1. The van der Waals surface area contributed by atoms with Gasteiger partial charge in [0.1, 0.15) is 0 Å². The molecule has 15 heavy (non-hydrogen) atoms. The third-order valence-corrected chi connectivity index (χ3v) is 1.57.